The third kappa shape index (κ3) is 3.17. The van der Waals surface area contributed by atoms with Gasteiger partial charge in [-0.25, -0.2) is 0 Å². The van der Waals surface area contributed by atoms with Crippen molar-refractivity contribution >= 4 is 29.0 Å². The van der Waals surface area contributed by atoms with E-state index in [0.29, 0.717) is 39.8 Å². The summed E-state index contributed by atoms with van der Waals surface area (Å²) >= 11 is 12.4. The van der Waals surface area contributed by atoms with Crippen molar-refractivity contribution in [1.29, 1.82) is 5.26 Å². The summed E-state index contributed by atoms with van der Waals surface area (Å²) in [5, 5.41) is 10.5. The molecule has 2 N–H and O–H groups in total. The summed E-state index contributed by atoms with van der Waals surface area (Å²) in [7, 11) is 0. The van der Waals surface area contributed by atoms with Gasteiger partial charge in [0, 0.05) is 28.5 Å². The maximum Gasteiger partial charge on any atom is 0.205 e. The Morgan fingerprint density at radius 3 is 2.54 bits per heavy atom. The minimum absolute atomic E-state index is 0.00484. The van der Waals surface area contributed by atoms with Gasteiger partial charge in [-0.2, -0.15) is 5.26 Å². The van der Waals surface area contributed by atoms with Gasteiger partial charge in [-0.3, -0.25) is 4.79 Å². The zero-order valence-electron chi connectivity index (χ0n) is 14.8. The summed E-state index contributed by atoms with van der Waals surface area (Å²) in [4.78, 5) is 13.2. The molecule has 0 unspecified atom stereocenters. The van der Waals surface area contributed by atoms with Gasteiger partial charge < -0.3 is 10.5 Å². The maximum atomic E-state index is 13.2. The zero-order chi connectivity index (χ0) is 19.8. The quantitative estimate of drug-likeness (QED) is 0.737. The number of ketones is 1. The van der Waals surface area contributed by atoms with Crippen LogP contribution in [0.5, 0.6) is 0 Å². The SMILES string of the molecule is N#CC1=C(N)OC2=C(C(=O)C[C@@H](c3ccccc3)C2)[C@@H]1c1ccc(Cl)cc1Cl. The molecule has 0 radical (unpaired) electrons. The molecule has 4 rings (SSSR count). The number of nitriles is 1. The molecule has 28 heavy (non-hydrogen) atoms. The van der Waals surface area contributed by atoms with Gasteiger partial charge in [0.15, 0.2) is 5.78 Å². The third-order valence-electron chi connectivity index (χ3n) is 5.21. The number of benzene rings is 2. The van der Waals surface area contributed by atoms with Crippen LogP contribution in [0.1, 0.15) is 35.8 Å². The van der Waals surface area contributed by atoms with Crippen LogP contribution in [0.15, 0.2) is 71.3 Å². The van der Waals surface area contributed by atoms with Crippen LogP contribution in [-0.2, 0) is 9.53 Å². The van der Waals surface area contributed by atoms with E-state index in [1.54, 1.807) is 18.2 Å². The van der Waals surface area contributed by atoms with Crippen LogP contribution in [0.4, 0.5) is 0 Å². The molecule has 4 nitrogen and oxygen atoms in total. The van der Waals surface area contributed by atoms with Gasteiger partial charge in [0.05, 0.1) is 5.92 Å². The Morgan fingerprint density at radius 1 is 1.11 bits per heavy atom. The van der Waals surface area contributed by atoms with Gasteiger partial charge in [-0.1, -0.05) is 59.6 Å². The number of allylic oxidation sites excluding steroid dienone is 3. The molecule has 6 heteroatoms. The van der Waals surface area contributed by atoms with Gasteiger partial charge in [0.25, 0.3) is 0 Å². The van der Waals surface area contributed by atoms with E-state index in [-0.39, 0.29) is 23.2 Å². The van der Waals surface area contributed by atoms with E-state index in [1.165, 1.54) is 0 Å². The molecule has 0 aromatic heterocycles. The van der Waals surface area contributed by atoms with Gasteiger partial charge >= 0.3 is 0 Å². The Bertz CT molecular complexity index is 1070. The predicted molar refractivity (Wildman–Crippen MR) is 108 cm³/mol. The second-order valence-electron chi connectivity index (χ2n) is 6.87. The van der Waals surface area contributed by atoms with E-state index < -0.39 is 5.92 Å². The van der Waals surface area contributed by atoms with Crippen LogP contribution in [0.25, 0.3) is 0 Å². The molecular weight excluding hydrogens is 395 g/mol. The van der Waals surface area contributed by atoms with E-state index in [0.717, 1.165) is 5.56 Å². The highest BCUT2D eigenvalue weighted by molar-refractivity contribution is 6.35. The first-order valence-corrected chi connectivity index (χ1v) is 9.59. The van der Waals surface area contributed by atoms with E-state index >= 15 is 0 Å². The van der Waals surface area contributed by atoms with Crippen LogP contribution in [0, 0.1) is 11.3 Å². The van der Waals surface area contributed by atoms with Crippen molar-refractivity contribution in [2.45, 2.75) is 24.7 Å². The van der Waals surface area contributed by atoms with E-state index in [2.05, 4.69) is 6.07 Å². The summed E-state index contributed by atoms with van der Waals surface area (Å²) in [5.74, 6) is -0.185. The summed E-state index contributed by atoms with van der Waals surface area (Å²) in [6.07, 6.45) is 0.874. The molecule has 0 fully saturated rings. The Morgan fingerprint density at radius 2 is 1.86 bits per heavy atom. The first-order valence-electron chi connectivity index (χ1n) is 8.83. The van der Waals surface area contributed by atoms with Crippen LogP contribution in [0.3, 0.4) is 0 Å². The molecule has 0 saturated heterocycles. The summed E-state index contributed by atoms with van der Waals surface area (Å²) in [5.41, 5.74) is 8.39. The predicted octanol–water partition coefficient (Wildman–Crippen LogP) is 5.20. The fourth-order valence-corrected chi connectivity index (χ4v) is 4.43. The summed E-state index contributed by atoms with van der Waals surface area (Å²) in [6.45, 7) is 0. The Kier molecular flexibility index (Phi) is 4.89. The summed E-state index contributed by atoms with van der Waals surface area (Å²) < 4.78 is 5.76. The Labute approximate surface area is 172 Å². The minimum Gasteiger partial charge on any atom is -0.444 e. The second-order valence-corrected chi connectivity index (χ2v) is 7.71. The van der Waals surface area contributed by atoms with E-state index in [1.807, 2.05) is 30.3 Å². The lowest BCUT2D eigenvalue weighted by molar-refractivity contribution is -0.117. The fraction of sp³-hybridized carbons (Fsp3) is 0.182. The lowest BCUT2D eigenvalue weighted by Crippen LogP contribution is -2.30. The topological polar surface area (TPSA) is 76.1 Å². The molecule has 2 aliphatic rings. The Balaban J connectivity index is 1.82. The average molecular weight is 411 g/mol. The van der Waals surface area contributed by atoms with E-state index in [9.17, 15) is 10.1 Å². The smallest absolute Gasteiger partial charge is 0.205 e. The van der Waals surface area contributed by atoms with Crippen molar-refractivity contribution < 1.29 is 9.53 Å². The van der Waals surface area contributed by atoms with Crippen molar-refractivity contribution in [1.82, 2.24) is 0 Å². The molecule has 1 aliphatic heterocycles. The first kappa shape index (κ1) is 18.6. The van der Waals surface area contributed by atoms with Crippen molar-refractivity contribution in [3.63, 3.8) is 0 Å². The van der Waals surface area contributed by atoms with Gasteiger partial charge in [-0.15, -0.1) is 0 Å². The molecule has 0 amide bonds. The number of nitrogens with two attached hydrogens (primary N) is 1. The molecule has 0 saturated carbocycles. The van der Waals surface area contributed by atoms with Crippen molar-refractivity contribution in [3.8, 4) is 6.07 Å². The molecule has 0 bridgehead atoms. The molecule has 1 heterocycles. The van der Waals surface area contributed by atoms with Gasteiger partial charge in [-0.05, 0) is 29.2 Å². The standard InChI is InChI=1S/C22H16Cl2N2O2/c23-14-6-7-15(17(24)10-14)20-16(11-25)22(26)28-19-9-13(8-18(27)21(19)20)12-4-2-1-3-5-12/h1-7,10,13,20H,8-9,26H2/t13-,20-/m1/s1. The lowest BCUT2D eigenvalue weighted by Gasteiger charge is -2.34. The van der Waals surface area contributed by atoms with Crippen LogP contribution < -0.4 is 5.73 Å². The van der Waals surface area contributed by atoms with Crippen molar-refractivity contribution in [2.75, 3.05) is 0 Å². The number of hydrogen-bond donors (Lipinski definition) is 1. The monoisotopic (exact) mass is 410 g/mol. The van der Waals surface area contributed by atoms with Gasteiger partial charge in [0.2, 0.25) is 5.88 Å². The highest BCUT2D eigenvalue weighted by Crippen LogP contribution is 2.48. The second kappa shape index (κ2) is 7.35. The van der Waals surface area contributed by atoms with Crippen molar-refractivity contribution in [2.24, 2.45) is 5.73 Å². The maximum absolute atomic E-state index is 13.2. The number of hydrogen-bond acceptors (Lipinski definition) is 4. The molecule has 2 atom stereocenters. The average Bonchev–Trinajstić information content (AvgIpc) is 2.67. The number of carbonyl (C=O) groups is 1. The molecular formula is C22H16Cl2N2O2. The molecule has 2 aromatic carbocycles. The third-order valence-corrected chi connectivity index (χ3v) is 5.77. The number of Topliss-reactive ketones (excluding diaryl/α,β-unsaturated/α-hetero) is 1. The van der Waals surface area contributed by atoms with Gasteiger partial charge in [0.1, 0.15) is 17.4 Å². The molecule has 0 spiro atoms. The molecule has 1 aliphatic carbocycles. The lowest BCUT2D eigenvalue weighted by atomic mass is 9.73. The number of carbonyl (C=O) groups excluding carboxylic acids is 1. The number of halogens is 2. The van der Waals surface area contributed by atoms with Crippen LogP contribution >= 0.6 is 23.2 Å². The Hall–Kier alpha value is -2.74. The number of rotatable bonds is 2. The zero-order valence-corrected chi connectivity index (χ0v) is 16.3. The fourth-order valence-electron chi connectivity index (χ4n) is 3.92. The molecule has 140 valence electrons. The van der Waals surface area contributed by atoms with Crippen molar-refractivity contribution in [3.05, 3.63) is 92.5 Å². The van der Waals surface area contributed by atoms with Crippen LogP contribution in [0.2, 0.25) is 10.0 Å². The highest BCUT2D eigenvalue weighted by atomic mass is 35.5. The highest BCUT2D eigenvalue weighted by Gasteiger charge is 2.41. The first-order chi connectivity index (χ1) is 13.5. The number of ether oxygens (including phenoxy) is 1. The van der Waals surface area contributed by atoms with Crippen LogP contribution in [-0.4, -0.2) is 5.78 Å². The van der Waals surface area contributed by atoms with E-state index in [4.69, 9.17) is 33.7 Å². The number of nitrogens with zero attached hydrogens (tertiary/aromatic N) is 1. The summed E-state index contributed by atoms with van der Waals surface area (Å²) in [6, 6.07) is 16.9. The largest absolute Gasteiger partial charge is 0.444 e. The molecule has 2 aromatic rings. The minimum atomic E-state index is -0.650. The normalized spacial score (nSPS) is 21.8.